The van der Waals surface area contributed by atoms with Crippen LogP contribution in [-0.4, -0.2) is 16.4 Å². The molecule has 0 unspecified atom stereocenters. The summed E-state index contributed by atoms with van der Waals surface area (Å²) in [6.07, 6.45) is 1.98. The summed E-state index contributed by atoms with van der Waals surface area (Å²) in [5.41, 5.74) is 5.43. The van der Waals surface area contributed by atoms with Crippen molar-refractivity contribution in [2.75, 3.05) is 6.26 Å². The molecule has 0 atom stereocenters. The molecule has 0 bridgehead atoms. The molecular formula is C9H11N3O2S. The van der Waals surface area contributed by atoms with Crippen LogP contribution in [0.25, 0.3) is 11.7 Å². The lowest BCUT2D eigenvalue weighted by Crippen LogP contribution is -1.92. The van der Waals surface area contributed by atoms with Crippen molar-refractivity contribution in [3.05, 3.63) is 23.7 Å². The van der Waals surface area contributed by atoms with E-state index in [9.17, 15) is 0 Å². The predicted octanol–water partition coefficient (Wildman–Crippen LogP) is 1.65. The van der Waals surface area contributed by atoms with Crippen LogP contribution in [0.4, 0.5) is 0 Å². The molecule has 6 heteroatoms. The second-order valence-electron chi connectivity index (χ2n) is 2.92. The highest BCUT2D eigenvalue weighted by molar-refractivity contribution is 7.97. The number of hydrogen-bond donors (Lipinski definition) is 1. The lowest BCUT2D eigenvalue weighted by Gasteiger charge is -1.87. The number of nitrogens with zero attached hydrogens (tertiary/aromatic N) is 2. The topological polar surface area (TPSA) is 78.1 Å². The molecule has 2 aromatic heterocycles. The molecule has 15 heavy (non-hydrogen) atoms. The van der Waals surface area contributed by atoms with Crippen LogP contribution in [0.2, 0.25) is 0 Å². The first kappa shape index (κ1) is 10.3. The molecule has 0 amide bonds. The lowest BCUT2D eigenvalue weighted by atomic mass is 10.4. The van der Waals surface area contributed by atoms with Gasteiger partial charge in [0, 0.05) is 0 Å². The normalized spacial score (nSPS) is 10.8. The van der Waals surface area contributed by atoms with Crippen LogP contribution in [0.3, 0.4) is 0 Å². The molecule has 5 nitrogen and oxygen atoms in total. The van der Waals surface area contributed by atoms with E-state index >= 15 is 0 Å². The number of hydrogen-bond acceptors (Lipinski definition) is 6. The Labute approximate surface area is 91.0 Å². The number of nitrogens with two attached hydrogens (primary N) is 1. The van der Waals surface area contributed by atoms with Gasteiger partial charge in [-0.3, -0.25) is 0 Å². The zero-order valence-corrected chi connectivity index (χ0v) is 9.08. The smallest absolute Gasteiger partial charge is 0.293 e. The first-order chi connectivity index (χ1) is 7.33. The lowest BCUT2D eigenvalue weighted by molar-refractivity contribution is 0.407. The van der Waals surface area contributed by atoms with Crippen molar-refractivity contribution in [3.8, 4) is 11.7 Å². The van der Waals surface area contributed by atoms with Gasteiger partial charge in [-0.15, -0.1) is 0 Å². The predicted molar refractivity (Wildman–Crippen MR) is 57.1 cm³/mol. The second kappa shape index (κ2) is 4.50. The van der Waals surface area contributed by atoms with Crippen molar-refractivity contribution in [3.63, 3.8) is 0 Å². The molecule has 0 aliphatic carbocycles. The van der Waals surface area contributed by atoms with Crippen molar-refractivity contribution in [2.24, 2.45) is 5.73 Å². The van der Waals surface area contributed by atoms with Crippen LogP contribution >= 0.6 is 11.8 Å². The fourth-order valence-corrected chi connectivity index (χ4v) is 1.52. The summed E-state index contributed by atoms with van der Waals surface area (Å²) in [6, 6.07) is 3.58. The quantitative estimate of drug-likeness (QED) is 0.852. The summed E-state index contributed by atoms with van der Waals surface area (Å²) in [4.78, 5) is 4.18. The summed E-state index contributed by atoms with van der Waals surface area (Å²) in [5.74, 6) is 3.07. The van der Waals surface area contributed by atoms with Crippen molar-refractivity contribution >= 4 is 11.8 Å². The van der Waals surface area contributed by atoms with Crippen molar-refractivity contribution in [1.82, 2.24) is 10.1 Å². The van der Waals surface area contributed by atoms with Crippen LogP contribution in [-0.2, 0) is 12.3 Å². The van der Waals surface area contributed by atoms with E-state index in [1.54, 1.807) is 23.9 Å². The Kier molecular flexibility index (Phi) is 3.08. The minimum absolute atomic E-state index is 0.367. The van der Waals surface area contributed by atoms with Gasteiger partial charge in [0.25, 0.3) is 5.89 Å². The van der Waals surface area contributed by atoms with Crippen LogP contribution in [0.1, 0.15) is 11.6 Å². The summed E-state index contributed by atoms with van der Waals surface area (Å²) >= 11 is 1.64. The second-order valence-corrected chi connectivity index (χ2v) is 3.78. The van der Waals surface area contributed by atoms with Gasteiger partial charge in [-0.2, -0.15) is 16.7 Å². The fraction of sp³-hybridized carbons (Fsp3) is 0.333. The Hall–Kier alpha value is -1.27. The maximum Gasteiger partial charge on any atom is 0.293 e. The molecule has 0 radical (unpaired) electrons. The van der Waals surface area contributed by atoms with Gasteiger partial charge in [-0.1, -0.05) is 5.16 Å². The Morgan fingerprint density at radius 2 is 2.33 bits per heavy atom. The fourth-order valence-electron chi connectivity index (χ4n) is 1.14. The maximum atomic E-state index is 5.43. The molecular weight excluding hydrogens is 214 g/mol. The largest absolute Gasteiger partial charge is 0.455 e. The highest BCUT2D eigenvalue weighted by Crippen LogP contribution is 2.20. The average Bonchev–Trinajstić information content (AvgIpc) is 2.85. The minimum atomic E-state index is 0.367. The number of rotatable bonds is 4. The van der Waals surface area contributed by atoms with Gasteiger partial charge >= 0.3 is 0 Å². The van der Waals surface area contributed by atoms with Crippen molar-refractivity contribution in [2.45, 2.75) is 12.3 Å². The maximum absolute atomic E-state index is 5.43. The molecule has 2 N–H and O–H groups in total. The van der Waals surface area contributed by atoms with Gasteiger partial charge in [-0.05, 0) is 18.4 Å². The Morgan fingerprint density at radius 3 is 3.00 bits per heavy atom. The molecule has 0 aliphatic heterocycles. The molecule has 80 valence electrons. The van der Waals surface area contributed by atoms with Gasteiger partial charge in [0.05, 0.1) is 12.3 Å². The summed E-state index contributed by atoms with van der Waals surface area (Å²) < 4.78 is 10.4. The third kappa shape index (κ3) is 2.21. The van der Waals surface area contributed by atoms with Gasteiger partial charge in [0.1, 0.15) is 5.76 Å². The van der Waals surface area contributed by atoms with Gasteiger partial charge in [0.2, 0.25) is 0 Å². The van der Waals surface area contributed by atoms with Crippen LogP contribution in [0, 0.1) is 0 Å². The average molecular weight is 225 g/mol. The van der Waals surface area contributed by atoms with Crippen LogP contribution in [0.5, 0.6) is 0 Å². The standard InChI is InChI=1S/C9H11N3O2S/c1-15-5-8-11-9(14-12-8)7-3-2-6(4-10)13-7/h2-3H,4-5,10H2,1H3. The van der Waals surface area contributed by atoms with E-state index < -0.39 is 0 Å². The third-order valence-electron chi connectivity index (χ3n) is 1.82. The SMILES string of the molecule is CSCc1noc(-c2ccc(CN)o2)n1. The molecule has 0 fully saturated rings. The third-order valence-corrected chi connectivity index (χ3v) is 2.36. The summed E-state index contributed by atoms with van der Waals surface area (Å²) in [7, 11) is 0. The van der Waals surface area contributed by atoms with E-state index in [-0.39, 0.29) is 0 Å². The summed E-state index contributed by atoms with van der Waals surface area (Å²) in [6.45, 7) is 0.367. The molecule has 0 aliphatic rings. The van der Waals surface area contributed by atoms with Crippen molar-refractivity contribution in [1.29, 1.82) is 0 Å². The Morgan fingerprint density at radius 1 is 1.47 bits per heavy atom. The molecule has 2 aromatic rings. The minimum Gasteiger partial charge on any atom is -0.455 e. The molecule has 0 spiro atoms. The number of aromatic nitrogens is 2. The number of furan rings is 1. The molecule has 2 heterocycles. The van der Waals surface area contributed by atoms with E-state index in [1.807, 2.05) is 6.26 Å². The van der Waals surface area contributed by atoms with Crippen molar-refractivity contribution < 1.29 is 8.94 Å². The molecule has 0 saturated heterocycles. The van der Waals surface area contributed by atoms with E-state index in [0.29, 0.717) is 29.8 Å². The Bertz CT molecular complexity index is 438. The summed E-state index contributed by atoms with van der Waals surface area (Å²) in [5, 5.41) is 3.82. The zero-order chi connectivity index (χ0) is 10.7. The highest BCUT2D eigenvalue weighted by atomic mass is 32.2. The highest BCUT2D eigenvalue weighted by Gasteiger charge is 2.11. The van der Waals surface area contributed by atoms with Gasteiger partial charge < -0.3 is 14.7 Å². The van der Waals surface area contributed by atoms with Gasteiger partial charge in [0.15, 0.2) is 11.6 Å². The van der Waals surface area contributed by atoms with E-state index in [0.717, 1.165) is 5.75 Å². The van der Waals surface area contributed by atoms with E-state index in [2.05, 4.69) is 10.1 Å². The van der Waals surface area contributed by atoms with Crippen LogP contribution < -0.4 is 5.73 Å². The molecule has 0 aromatic carbocycles. The van der Waals surface area contributed by atoms with Gasteiger partial charge in [-0.25, -0.2) is 0 Å². The first-order valence-electron chi connectivity index (χ1n) is 4.44. The Balaban J connectivity index is 2.21. The van der Waals surface area contributed by atoms with E-state index in [1.165, 1.54) is 0 Å². The monoisotopic (exact) mass is 225 g/mol. The van der Waals surface area contributed by atoms with Crippen LogP contribution in [0.15, 0.2) is 21.1 Å². The first-order valence-corrected chi connectivity index (χ1v) is 5.83. The molecule has 0 saturated carbocycles. The number of thioether (sulfide) groups is 1. The zero-order valence-electron chi connectivity index (χ0n) is 8.27. The molecule has 2 rings (SSSR count). The van der Waals surface area contributed by atoms with E-state index in [4.69, 9.17) is 14.7 Å².